The van der Waals surface area contributed by atoms with Gasteiger partial charge in [-0.2, -0.15) is 0 Å². The first kappa shape index (κ1) is 21.5. The zero-order valence-electron chi connectivity index (χ0n) is 18.3. The summed E-state index contributed by atoms with van der Waals surface area (Å²) in [5.74, 6) is 0.951. The van der Waals surface area contributed by atoms with Crippen molar-refractivity contribution in [2.45, 2.75) is 45.6 Å². The summed E-state index contributed by atoms with van der Waals surface area (Å²) in [5.41, 5.74) is 0.441. The normalized spacial score (nSPS) is 19.6. The number of benzene rings is 1. The number of rotatable bonds is 5. The van der Waals surface area contributed by atoms with E-state index in [9.17, 15) is 14.4 Å². The van der Waals surface area contributed by atoms with Crippen molar-refractivity contribution in [3.05, 3.63) is 23.8 Å². The highest BCUT2D eigenvalue weighted by Gasteiger charge is 2.37. The predicted molar refractivity (Wildman–Crippen MR) is 114 cm³/mol. The number of carbonyl (C=O) groups is 3. The molecule has 0 aliphatic carbocycles. The summed E-state index contributed by atoms with van der Waals surface area (Å²) in [5, 5.41) is 3.01. The molecule has 0 unspecified atom stereocenters. The third-order valence-corrected chi connectivity index (χ3v) is 6.42. The van der Waals surface area contributed by atoms with E-state index in [2.05, 4.69) is 5.32 Å². The number of likely N-dealkylation sites (tertiary alicyclic amines) is 2. The molecule has 0 saturated carbocycles. The van der Waals surface area contributed by atoms with E-state index in [1.165, 1.54) is 0 Å². The molecule has 168 valence electrons. The summed E-state index contributed by atoms with van der Waals surface area (Å²) in [4.78, 5) is 42.4. The van der Waals surface area contributed by atoms with Crippen molar-refractivity contribution in [1.82, 2.24) is 15.1 Å². The molecule has 8 nitrogen and oxygen atoms in total. The third-order valence-electron chi connectivity index (χ3n) is 6.42. The zero-order chi connectivity index (χ0) is 22.0. The molecule has 1 aromatic carbocycles. The van der Waals surface area contributed by atoms with E-state index in [1.807, 2.05) is 23.6 Å². The number of ether oxygens (including phenoxy) is 2. The fourth-order valence-corrected chi connectivity index (χ4v) is 4.60. The molecule has 2 fully saturated rings. The molecule has 2 saturated heterocycles. The fraction of sp³-hybridized carbons (Fsp3) is 0.609. The van der Waals surface area contributed by atoms with Gasteiger partial charge in [-0.1, -0.05) is 13.8 Å². The molecule has 3 aliphatic heterocycles. The number of hydrogen-bond donors (Lipinski definition) is 1. The quantitative estimate of drug-likeness (QED) is 0.774. The van der Waals surface area contributed by atoms with Crippen molar-refractivity contribution in [3.63, 3.8) is 0 Å². The minimum atomic E-state index is -0.590. The average Bonchev–Trinajstić information content (AvgIpc) is 3.48. The lowest BCUT2D eigenvalue weighted by Gasteiger charge is -2.37. The van der Waals surface area contributed by atoms with Crippen LogP contribution in [0.25, 0.3) is 0 Å². The molecule has 8 heteroatoms. The topological polar surface area (TPSA) is 88.2 Å². The van der Waals surface area contributed by atoms with Crippen LogP contribution in [0, 0.1) is 11.8 Å². The zero-order valence-corrected chi connectivity index (χ0v) is 18.3. The maximum absolute atomic E-state index is 13.3. The van der Waals surface area contributed by atoms with Crippen LogP contribution in [-0.2, 0) is 9.59 Å². The van der Waals surface area contributed by atoms with Gasteiger partial charge in [0.15, 0.2) is 11.5 Å². The van der Waals surface area contributed by atoms with Crippen LogP contribution in [0.1, 0.15) is 49.9 Å². The Bertz CT molecular complexity index is 842. The third kappa shape index (κ3) is 4.62. The smallest absolute Gasteiger partial charge is 0.252 e. The Labute approximate surface area is 182 Å². The number of hydrogen-bond acceptors (Lipinski definition) is 5. The number of carbonyl (C=O) groups excluding carboxylic acids is 3. The highest BCUT2D eigenvalue weighted by atomic mass is 16.7. The van der Waals surface area contributed by atoms with E-state index in [-0.39, 0.29) is 36.4 Å². The Morgan fingerprint density at radius 3 is 2.26 bits per heavy atom. The van der Waals surface area contributed by atoms with E-state index in [4.69, 9.17) is 9.47 Å². The highest BCUT2D eigenvalue weighted by Crippen LogP contribution is 2.32. The maximum atomic E-state index is 13.3. The van der Waals surface area contributed by atoms with Crippen LogP contribution in [0.15, 0.2) is 18.2 Å². The molecule has 3 aliphatic rings. The number of nitrogens with zero attached hydrogens (tertiary/aromatic N) is 2. The van der Waals surface area contributed by atoms with Crippen LogP contribution in [0.2, 0.25) is 0 Å². The van der Waals surface area contributed by atoms with Crippen molar-refractivity contribution < 1.29 is 23.9 Å². The van der Waals surface area contributed by atoms with Crippen molar-refractivity contribution >= 4 is 17.7 Å². The van der Waals surface area contributed by atoms with Crippen molar-refractivity contribution in [1.29, 1.82) is 0 Å². The fourth-order valence-electron chi connectivity index (χ4n) is 4.60. The van der Waals surface area contributed by atoms with Gasteiger partial charge in [0, 0.05) is 37.7 Å². The Hall–Kier alpha value is -2.77. The second kappa shape index (κ2) is 9.16. The molecule has 3 heterocycles. The van der Waals surface area contributed by atoms with Gasteiger partial charge in [-0.3, -0.25) is 14.4 Å². The van der Waals surface area contributed by atoms with Gasteiger partial charge in [0.2, 0.25) is 18.6 Å². The van der Waals surface area contributed by atoms with E-state index in [1.54, 1.807) is 18.2 Å². The summed E-state index contributed by atoms with van der Waals surface area (Å²) in [6, 6.07) is 4.46. The summed E-state index contributed by atoms with van der Waals surface area (Å²) >= 11 is 0. The van der Waals surface area contributed by atoms with Gasteiger partial charge in [-0.25, -0.2) is 0 Å². The summed E-state index contributed by atoms with van der Waals surface area (Å²) < 4.78 is 10.7. The van der Waals surface area contributed by atoms with Crippen molar-refractivity contribution in [2.75, 3.05) is 33.0 Å². The first-order valence-electron chi connectivity index (χ1n) is 11.2. The van der Waals surface area contributed by atoms with Crippen LogP contribution < -0.4 is 14.8 Å². The van der Waals surface area contributed by atoms with E-state index >= 15 is 0 Å². The molecule has 1 atom stereocenters. The van der Waals surface area contributed by atoms with E-state index in [0.29, 0.717) is 43.0 Å². The highest BCUT2D eigenvalue weighted by molar-refractivity contribution is 5.98. The molecule has 1 aromatic rings. The van der Waals surface area contributed by atoms with Gasteiger partial charge in [0.05, 0.1) is 0 Å². The minimum absolute atomic E-state index is 0.00210. The molecule has 31 heavy (non-hydrogen) atoms. The maximum Gasteiger partial charge on any atom is 0.252 e. The van der Waals surface area contributed by atoms with Gasteiger partial charge in [-0.05, 0) is 49.8 Å². The lowest BCUT2D eigenvalue weighted by molar-refractivity contribution is -0.137. The lowest BCUT2D eigenvalue weighted by Crippen LogP contribution is -2.54. The summed E-state index contributed by atoms with van der Waals surface area (Å²) in [7, 11) is 0. The number of fused-ring (bicyclic) bond motifs is 1. The molecule has 0 aromatic heterocycles. The van der Waals surface area contributed by atoms with Gasteiger partial charge in [0.1, 0.15) is 6.04 Å². The molecular weight excluding hydrogens is 398 g/mol. The molecular formula is C23H31N3O5. The van der Waals surface area contributed by atoms with Gasteiger partial charge >= 0.3 is 0 Å². The van der Waals surface area contributed by atoms with Crippen LogP contribution >= 0.6 is 0 Å². The predicted octanol–water partition coefficient (Wildman–Crippen LogP) is 2.03. The largest absolute Gasteiger partial charge is 0.454 e. The SMILES string of the molecule is CC(C)C(=O)N1CCC([C@H](NC(=O)c2ccc3c(c2)OCO3)C(=O)N2CCCC2)CC1. The Kier molecular flexibility index (Phi) is 6.34. The Morgan fingerprint density at radius 1 is 0.935 bits per heavy atom. The second-order valence-electron chi connectivity index (χ2n) is 8.87. The first-order valence-corrected chi connectivity index (χ1v) is 11.2. The number of amides is 3. The minimum Gasteiger partial charge on any atom is -0.454 e. The Balaban J connectivity index is 1.47. The summed E-state index contributed by atoms with van der Waals surface area (Å²) in [6.07, 6.45) is 3.39. The first-order chi connectivity index (χ1) is 14.9. The molecule has 3 amide bonds. The Morgan fingerprint density at radius 2 is 1.58 bits per heavy atom. The second-order valence-corrected chi connectivity index (χ2v) is 8.87. The summed E-state index contributed by atoms with van der Waals surface area (Å²) in [6.45, 7) is 6.65. The molecule has 0 radical (unpaired) electrons. The van der Waals surface area contributed by atoms with Crippen LogP contribution in [-0.4, -0.2) is 66.5 Å². The average molecular weight is 430 g/mol. The van der Waals surface area contributed by atoms with Gasteiger partial charge in [-0.15, -0.1) is 0 Å². The van der Waals surface area contributed by atoms with Crippen LogP contribution in [0.5, 0.6) is 11.5 Å². The van der Waals surface area contributed by atoms with Crippen molar-refractivity contribution in [3.8, 4) is 11.5 Å². The van der Waals surface area contributed by atoms with Crippen LogP contribution in [0.3, 0.4) is 0 Å². The van der Waals surface area contributed by atoms with E-state index < -0.39 is 6.04 Å². The van der Waals surface area contributed by atoms with E-state index in [0.717, 1.165) is 25.9 Å². The molecule has 4 rings (SSSR count). The monoisotopic (exact) mass is 429 g/mol. The van der Waals surface area contributed by atoms with Crippen LogP contribution in [0.4, 0.5) is 0 Å². The van der Waals surface area contributed by atoms with Gasteiger partial charge < -0.3 is 24.6 Å². The number of piperidine rings is 1. The van der Waals surface area contributed by atoms with Gasteiger partial charge in [0.25, 0.3) is 5.91 Å². The standard InChI is InChI=1S/C23H31N3O5/c1-15(2)22(28)26-11-7-16(8-12-26)20(23(29)25-9-3-4-10-25)24-21(27)17-5-6-18-19(13-17)31-14-30-18/h5-6,13,15-16,20H,3-4,7-12,14H2,1-2H3,(H,24,27)/t20-/m0/s1. The number of nitrogens with one attached hydrogen (secondary N) is 1. The van der Waals surface area contributed by atoms with Crippen molar-refractivity contribution in [2.24, 2.45) is 11.8 Å². The molecule has 0 spiro atoms. The molecule has 1 N–H and O–H groups in total. The molecule has 0 bridgehead atoms. The lowest BCUT2D eigenvalue weighted by atomic mass is 9.87.